The first kappa shape index (κ1) is 24.6. The normalized spacial score (nSPS) is 11.9. The summed E-state index contributed by atoms with van der Waals surface area (Å²) in [6.07, 6.45) is 2.79. The van der Waals surface area contributed by atoms with Gasteiger partial charge in [0.2, 0.25) is 5.91 Å². The average Bonchev–Trinajstić information content (AvgIpc) is 2.94. The van der Waals surface area contributed by atoms with Crippen LogP contribution in [0.4, 0.5) is 0 Å². The number of nitrogens with zero attached hydrogens (tertiary/aromatic N) is 2. The fourth-order valence-electron chi connectivity index (χ4n) is 2.86. The van der Waals surface area contributed by atoms with Crippen LogP contribution in [0.15, 0.2) is 29.4 Å². The zero-order valence-electron chi connectivity index (χ0n) is 17.2. The fourth-order valence-corrected chi connectivity index (χ4v) is 3.03. The number of aromatic nitrogens is 1. The van der Waals surface area contributed by atoms with Gasteiger partial charge in [-0.05, 0) is 57.9 Å². The van der Waals surface area contributed by atoms with Crippen molar-refractivity contribution in [3.8, 4) is 0 Å². The number of H-pyrrole nitrogens is 1. The summed E-state index contributed by atoms with van der Waals surface area (Å²) in [5.74, 6) is 0.696. The van der Waals surface area contributed by atoms with E-state index < -0.39 is 0 Å². The number of likely N-dealkylation sites (N-methyl/N-ethyl adjacent to an activating group) is 1. The fraction of sp³-hybridized carbons (Fsp3) is 0.500. The van der Waals surface area contributed by atoms with Gasteiger partial charge in [-0.15, -0.1) is 24.0 Å². The summed E-state index contributed by atoms with van der Waals surface area (Å²) >= 11 is 6.11. The predicted molar refractivity (Wildman–Crippen MR) is 129 cm³/mol. The number of amides is 1. The van der Waals surface area contributed by atoms with Crippen LogP contribution in [-0.2, 0) is 11.2 Å². The lowest BCUT2D eigenvalue weighted by Crippen LogP contribution is -2.48. The van der Waals surface area contributed by atoms with Gasteiger partial charge in [-0.3, -0.25) is 9.79 Å². The number of fused-ring (bicyclic) bond motifs is 1. The summed E-state index contributed by atoms with van der Waals surface area (Å²) in [6, 6.07) is 5.83. The third kappa shape index (κ3) is 7.50. The predicted octanol–water partition coefficient (Wildman–Crippen LogP) is 3.79. The topological polar surface area (TPSA) is 72.5 Å². The molecule has 0 spiro atoms. The summed E-state index contributed by atoms with van der Waals surface area (Å²) in [7, 11) is 1.87. The van der Waals surface area contributed by atoms with E-state index in [1.807, 2.05) is 64.0 Å². The Morgan fingerprint density at radius 2 is 2.04 bits per heavy atom. The van der Waals surface area contributed by atoms with E-state index in [2.05, 4.69) is 20.6 Å². The molecule has 2 rings (SSSR count). The highest BCUT2D eigenvalue weighted by atomic mass is 127. The van der Waals surface area contributed by atoms with E-state index in [-0.39, 0.29) is 42.0 Å². The highest BCUT2D eigenvalue weighted by Crippen LogP contribution is 2.22. The molecule has 1 amide bonds. The van der Waals surface area contributed by atoms with Crippen molar-refractivity contribution in [2.75, 3.05) is 26.7 Å². The van der Waals surface area contributed by atoms with Gasteiger partial charge in [0.15, 0.2) is 5.96 Å². The van der Waals surface area contributed by atoms with Gasteiger partial charge in [0.1, 0.15) is 0 Å². The lowest BCUT2D eigenvalue weighted by atomic mass is 10.1. The van der Waals surface area contributed by atoms with E-state index in [9.17, 15) is 4.79 Å². The minimum atomic E-state index is -0.246. The molecular formula is C20H31ClIN5O. The van der Waals surface area contributed by atoms with Gasteiger partial charge in [-0.25, -0.2) is 0 Å². The van der Waals surface area contributed by atoms with Crippen molar-refractivity contribution in [2.45, 2.75) is 39.7 Å². The van der Waals surface area contributed by atoms with E-state index in [1.165, 1.54) is 5.56 Å². The number of hydrogen-bond donors (Lipinski definition) is 3. The Kier molecular flexibility index (Phi) is 9.56. The molecule has 3 N–H and O–H groups in total. The molecule has 8 heteroatoms. The third-order valence-corrected chi connectivity index (χ3v) is 4.20. The number of hydrogen-bond acceptors (Lipinski definition) is 2. The minimum absolute atomic E-state index is 0. The molecule has 0 bridgehead atoms. The zero-order valence-corrected chi connectivity index (χ0v) is 20.3. The van der Waals surface area contributed by atoms with E-state index in [1.54, 1.807) is 0 Å². The van der Waals surface area contributed by atoms with Gasteiger partial charge < -0.3 is 20.5 Å². The van der Waals surface area contributed by atoms with Crippen LogP contribution in [0.3, 0.4) is 0 Å². The maximum Gasteiger partial charge on any atom is 0.240 e. The molecule has 0 aliphatic rings. The SMILES string of the molecule is CCNC(=NCCc1c[nH]c2ccc(Cl)cc12)N(C)CC(=O)NC(C)(C)C.I. The number of guanidine groups is 1. The highest BCUT2D eigenvalue weighted by molar-refractivity contribution is 14.0. The molecule has 0 saturated heterocycles. The minimum Gasteiger partial charge on any atom is -0.361 e. The number of halogens is 2. The quantitative estimate of drug-likeness (QED) is 0.309. The van der Waals surface area contributed by atoms with E-state index in [0.29, 0.717) is 6.54 Å². The van der Waals surface area contributed by atoms with Crippen LogP contribution >= 0.6 is 35.6 Å². The van der Waals surface area contributed by atoms with Gasteiger partial charge in [-0.2, -0.15) is 0 Å². The number of rotatable bonds is 6. The molecule has 0 fully saturated rings. The lowest BCUT2D eigenvalue weighted by molar-refractivity contribution is -0.122. The highest BCUT2D eigenvalue weighted by Gasteiger charge is 2.16. The van der Waals surface area contributed by atoms with Gasteiger partial charge in [0.05, 0.1) is 6.54 Å². The molecule has 6 nitrogen and oxygen atoms in total. The Balaban J connectivity index is 0.00000392. The summed E-state index contributed by atoms with van der Waals surface area (Å²) < 4.78 is 0. The molecule has 156 valence electrons. The standard InChI is InChI=1S/C20H30ClN5O.HI/c1-6-22-19(26(5)13-18(27)25-20(2,3)4)23-10-9-14-12-24-17-8-7-15(21)11-16(14)17;/h7-8,11-12,24H,6,9-10,13H2,1-5H3,(H,22,23)(H,25,27);1H. The van der Waals surface area contributed by atoms with E-state index >= 15 is 0 Å². The second-order valence-corrected chi connectivity index (χ2v) is 8.08. The first-order valence-electron chi connectivity index (χ1n) is 9.25. The first-order valence-corrected chi connectivity index (χ1v) is 9.63. The number of benzene rings is 1. The lowest BCUT2D eigenvalue weighted by Gasteiger charge is -2.25. The maximum atomic E-state index is 12.2. The van der Waals surface area contributed by atoms with Crippen molar-refractivity contribution in [1.29, 1.82) is 0 Å². The van der Waals surface area contributed by atoms with E-state index in [0.717, 1.165) is 34.9 Å². The number of carbonyl (C=O) groups excluding carboxylic acids is 1. The Morgan fingerprint density at radius 1 is 1.32 bits per heavy atom. The molecule has 0 saturated carbocycles. The summed E-state index contributed by atoms with van der Waals surface area (Å²) in [5, 5.41) is 8.07. The van der Waals surface area contributed by atoms with Crippen molar-refractivity contribution < 1.29 is 4.79 Å². The summed E-state index contributed by atoms with van der Waals surface area (Å²) in [4.78, 5) is 21.9. The van der Waals surface area contributed by atoms with Crippen LogP contribution in [-0.4, -0.2) is 54.0 Å². The molecule has 1 aromatic heterocycles. The first-order chi connectivity index (χ1) is 12.7. The second-order valence-electron chi connectivity index (χ2n) is 7.64. The van der Waals surface area contributed by atoms with Crippen LogP contribution in [0, 0.1) is 0 Å². The number of nitrogens with one attached hydrogen (secondary N) is 3. The molecule has 0 aliphatic carbocycles. The van der Waals surface area contributed by atoms with E-state index in [4.69, 9.17) is 11.6 Å². The molecular weight excluding hydrogens is 489 g/mol. The van der Waals surface area contributed by atoms with Crippen molar-refractivity contribution in [1.82, 2.24) is 20.5 Å². The third-order valence-electron chi connectivity index (χ3n) is 3.96. The number of aromatic amines is 1. The Labute approximate surface area is 189 Å². The van der Waals surface area contributed by atoms with Crippen molar-refractivity contribution in [3.05, 3.63) is 35.0 Å². The number of carbonyl (C=O) groups is 1. The Bertz CT molecular complexity index is 813. The largest absolute Gasteiger partial charge is 0.361 e. The smallest absolute Gasteiger partial charge is 0.240 e. The average molecular weight is 520 g/mol. The van der Waals surface area contributed by atoms with Gasteiger partial charge >= 0.3 is 0 Å². The molecule has 0 unspecified atom stereocenters. The van der Waals surface area contributed by atoms with Crippen molar-refractivity contribution in [2.24, 2.45) is 4.99 Å². The Hall–Kier alpha value is -1.48. The molecule has 1 aromatic carbocycles. The van der Waals surface area contributed by atoms with Gasteiger partial charge in [-0.1, -0.05) is 11.6 Å². The second kappa shape index (κ2) is 10.9. The van der Waals surface area contributed by atoms with Crippen molar-refractivity contribution >= 4 is 58.3 Å². The van der Waals surface area contributed by atoms with Gasteiger partial charge in [0, 0.05) is 47.8 Å². The molecule has 0 aliphatic heterocycles. The molecule has 2 aromatic rings. The molecule has 0 atom stereocenters. The molecule has 1 heterocycles. The van der Waals surface area contributed by atoms with Crippen LogP contribution in [0.25, 0.3) is 10.9 Å². The molecule has 0 radical (unpaired) electrons. The van der Waals surface area contributed by atoms with Crippen LogP contribution in [0.5, 0.6) is 0 Å². The maximum absolute atomic E-state index is 12.2. The van der Waals surface area contributed by atoms with Crippen LogP contribution in [0.1, 0.15) is 33.3 Å². The van der Waals surface area contributed by atoms with Gasteiger partial charge in [0.25, 0.3) is 0 Å². The van der Waals surface area contributed by atoms with Crippen LogP contribution < -0.4 is 10.6 Å². The number of aliphatic imine (C=N–C) groups is 1. The Morgan fingerprint density at radius 3 is 2.68 bits per heavy atom. The van der Waals surface area contributed by atoms with Crippen molar-refractivity contribution in [3.63, 3.8) is 0 Å². The summed E-state index contributed by atoms with van der Waals surface area (Å²) in [5.41, 5.74) is 2.01. The molecule has 28 heavy (non-hydrogen) atoms. The zero-order chi connectivity index (χ0) is 20.0. The monoisotopic (exact) mass is 519 g/mol. The van der Waals surface area contributed by atoms with Crippen LogP contribution in [0.2, 0.25) is 5.02 Å². The summed E-state index contributed by atoms with van der Waals surface area (Å²) in [6.45, 7) is 9.54.